The molecule has 0 spiro atoms. The van der Waals surface area contributed by atoms with Crippen LogP contribution in [0.15, 0.2) is 34.8 Å². The average molecular weight is 448 g/mol. The summed E-state index contributed by atoms with van der Waals surface area (Å²) in [6.45, 7) is -0.0543. The SMILES string of the molecule is COCC(N)C(=O)Nc1ccc(Br)c(Cl)c1C(=O)c1c(F)cccc1F. The summed E-state index contributed by atoms with van der Waals surface area (Å²) >= 11 is 9.30. The Morgan fingerprint density at radius 3 is 2.42 bits per heavy atom. The van der Waals surface area contributed by atoms with Crippen LogP contribution in [0.1, 0.15) is 15.9 Å². The van der Waals surface area contributed by atoms with E-state index in [1.807, 2.05) is 0 Å². The molecule has 0 aliphatic heterocycles. The van der Waals surface area contributed by atoms with Gasteiger partial charge in [-0.2, -0.15) is 0 Å². The van der Waals surface area contributed by atoms with Crippen molar-refractivity contribution in [1.82, 2.24) is 0 Å². The predicted octanol–water partition coefficient (Wildman–Crippen LogP) is 3.52. The van der Waals surface area contributed by atoms with Gasteiger partial charge in [-0.3, -0.25) is 9.59 Å². The summed E-state index contributed by atoms with van der Waals surface area (Å²) in [5.74, 6) is -3.74. The van der Waals surface area contributed by atoms with Crippen molar-refractivity contribution >= 4 is 44.9 Å². The number of carbonyl (C=O) groups excluding carboxylic acids is 2. The average Bonchev–Trinajstić information content (AvgIpc) is 2.58. The number of hydrogen-bond donors (Lipinski definition) is 2. The minimum absolute atomic E-state index is 0.0255. The monoisotopic (exact) mass is 446 g/mol. The maximum atomic E-state index is 14.0. The number of benzene rings is 2. The van der Waals surface area contributed by atoms with Crippen LogP contribution in [0.5, 0.6) is 0 Å². The maximum Gasteiger partial charge on any atom is 0.243 e. The normalized spacial score (nSPS) is 11.9. The molecule has 26 heavy (non-hydrogen) atoms. The molecule has 3 N–H and O–H groups in total. The number of ketones is 1. The Bertz CT molecular complexity index is 844. The number of nitrogens with two attached hydrogens (primary N) is 1. The van der Waals surface area contributed by atoms with Crippen molar-refractivity contribution in [2.24, 2.45) is 5.73 Å². The van der Waals surface area contributed by atoms with Crippen LogP contribution in [0.25, 0.3) is 0 Å². The summed E-state index contributed by atoms with van der Waals surface area (Å²) in [6.07, 6.45) is 0. The second-order valence-corrected chi connectivity index (χ2v) is 6.49. The van der Waals surface area contributed by atoms with Gasteiger partial charge in [-0.25, -0.2) is 8.78 Å². The molecule has 2 aromatic carbocycles. The molecule has 0 aliphatic rings. The quantitative estimate of drug-likeness (QED) is 0.664. The summed E-state index contributed by atoms with van der Waals surface area (Å²) < 4.78 is 33.1. The number of methoxy groups -OCH3 is 1. The lowest BCUT2D eigenvalue weighted by Crippen LogP contribution is -2.39. The first kappa shape index (κ1) is 20.4. The molecule has 9 heteroatoms. The number of nitrogens with one attached hydrogen (secondary N) is 1. The molecule has 0 aliphatic carbocycles. The van der Waals surface area contributed by atoms with Crippen molar-refractivity contribution in [3.05, 3.63) is 62.6 Å². The van der Waals surface area contributed by atoms with E-state index in [1.54, 1.807) is 0 Å². The van der Waals surface area contributed by atoms with E-state index in [-0.39, 0.29) is 22.9 Å². The van der Waals surface area contributed by atoms with E-state index in [2.05, 4.69) is 21.2 Å². The molecule has 1 amide bonds. The zero-order chi connectivity index (χ0) is 19.4. The molecule has 2 aromatic rings. The van der Waals surface area contributed by atoms with Crippen LogP contribution in [0.2, 0.25) is 5.02 Å². The van der Waals surface area contributed by atoms with Crippen LogP contribution in [-0.4, -0.2) is 31.4 Å². The van der Waals surface area contributed by atoms with Crippen molar-refractivity contribution < 1.29 is 23.1 Å². The minimum Gasteiger partial charge on any atom is -0.383 e. The van der Waals surface area contributed by atoms with Crippen molar-refractivity contribution in [2.45, 2.75) is 6.04 Å². The van der Waals surface area contributed by atoms with Gasteiger partial charge in [0.25, 0.3) is 0 Å². The molecule has 0 saturated carbocycles. The number of hydrogen-bond acceptors (Lipinski definition) is 4. The number of anilines is 1. The molecule has 0 saturated heterocycles. The van der Waals surface area contributed by atoms with Gasteiger partial charge in [0.2, 0.25) is 11.7 Å². The van der Waals surface area contributed by atoms with Crippen LogP contribution in [0.4, 0.5) is 14.5 Å². The largest absolute Gasteiger partial charge is 0.383 e. The highest BCUT2D eigenvalue weighted by molar-refractivity contribution is 9.10. The van der Waals surface area contributed by atoms with Crippen LogP contribution >= 0.6 is 27.5 Å². The summed E-state index contributed by atoms with van der Waals surface area (Å²) in [4.78, 5) is 24.9. The third-order valence-electron chi connectivity index (χ3n) is 3.45. The first-order valence-corrected chi connectivity index (χ1v) is 8.47. The van der Waals surface area contributed by atoms with E-state index in [1.165, 1.54) is 19.2 Å². The molecule has 1 atom stereocenters. The molecule has 2 rings (SSSR count). The van der Waals surface area contributed by atoms with Gasteiger partial charge in [-0.1, -0.05) is 17.7 Å². The molecule has 5 nitrogen and oxygen atoms in total. The van der Waals surface area contributed by atoms with Gasteiger partial charge in [0, 0.05) is 11.6 Å². The van der Waals surface area contributed by atoms with Crippen molar-refractivity contribution in [2.75, 3.05) is 19.0 Å². The van der Waals surface area contributed by atoms with Gasteiger partial charge in [0.1, 0.15) is 17.7 Å². The fraction of sp³-hybridized carbons (Fsp3) is 0.176. The third kappa shape index (κ3) is 4.27. The predicted molar refractivity (Wildman–Crippen MR) is 97.4 cm³/mol. The first-order chi connectivity index (χ1) is 12.3. The molecular weight excluding hydrogens is 434 g/mol. The van der Waals surface area contributed by atoms with Crippen LogP contribution in [-0.2, 0) is 9.53 Å². The number of halogens is 4. The van der Waals surface area contributed by atoms with Crippen LogP contribution in [0, 0.1) is 11.6 Å². The second kappa shape index (κ2) is 8.68. The molecule has 0 aromatic heterocycles. The summed E-state index contributed by atoms with van der Waals surface area (Å²) in [6, 6.07) is 4.89. The standard InChI is InChI=1S/C17H14BrClF2N2O3/c1-26-7-11(22)17(25)23-12-6-5-8(18)15(19)14(12)16(24)13-9(20)3-2-4-10(13)21/h2-6,11H,7,22H2,1H3,(H,23,25). The lowest BCUT2D eigenvalue weighted by molar-refractivity contribution is -0.118. The van der Waals surface area contributed by atoms with Crippen molar-refractivity contribution in [3.8, 4) is 0 Å². The molecule has 1 unspecified atom stereocenters. The fourth-order valence-electron chi connectivity index (χ4n) is 2.20. The van der Waals surface area contributed by atoms with Gasteiger partial charge in [-0.15, -0.1) is 0 Å². The van der Waals surface area contributed by atoms with Crippen LogP contribution < -0.4 is 11.1 Å². The molecule has 0 bridgehead atoms. The molecule has 0 fully saturated rings. The number of rotatable bonds is 6. The van der Waals surface area contributed by atoms with E-state index in [4.69, 9.17) is 22.1 Å². The van der Waals surface area contributed by atoms with Gasteiger partial charge >= 0.3 is 0 Å². The van der Waals surface area contributed by atoms with E-state index in [0.717, 1.165) is 18.2 Å². The highest BCUT2D eigenvalue weighted by Gasteiger charge is 2.26. The topological polar surface area (TPSA) is 81.4 Å². The lowest BCUT2D eigenvalue weighted by Gasteiger charge is -2.16. The molecule has 0 radical (unpaired) electrons. The second-order valence-electron chi connectivity index (χ2n) is 5.26. The molecule has 138 valence electrons. The lowest BCUT2D eigenvalue weighted by atomic mass is 10.00. The Balaban J connectivity index is 2.52. The number of ether oxygens (including phenoxy) is 1. The number of carbonyl (C=O) groups is 2. The highest BCUT2D eigenvalue weighted by Crippen LogP contribution is 2.34. The Morgan fingerprint density at radius 1 is 1.23 bits per heavy atom. The first-order valence-electron chi connectivity index (χ1n) is 7.30. The summed E-state index contributed by atoms with van der Waals surface area (Å²) in [5.41, 5.74) is 4.58. The van der Waals surface area contributed by atoms with Crippen molar-refractivity contribution in [1.29, 1.82) is 0 Å². The fourth-order valence-corrected chi connectivity index (χ4v) is 2.78. The summed E-state index contributed by atoms with van der Waals surface area (Å²) in [7, 11) is 1.37. The van der Waals surface area contributed by atoms with E-state index in [0.29, 0.717) is 4.47 Å². The van der Waals surface area contributed by atoms with Gasteiger partial charge in [-0.05, 0) is 40.2 Å². The third-order valence-corrected chi connectivity index (χ3v) is 4.73. The minimum atomic E-state index is -1.04. The van der Waals surface area contributed by atoms with Crippen molar-refractivity contribution in [3.63, 3.8) is 0 Å². The molecular formula is C17H14BrClF2N2O3. The van der Waals surface area contributed by atoms with E-state index in [9.17, 15) is 18.4 Å². The Kier molecular flexibility index (Phi) is 6.82. The molecule has 0 heterocycles. The van der Waals surface area contributed by atoms with E-state index >= 15 is 0 Å². The van der Waals surface area contributed by atoms with E-state index < -0.39 is 34.9 Å². The zero-order valence-electron chi connectivity index (χ0n) is 13.5. The Labute approximate surface area is 161 Å². The zero-order valence-corrected chi connectivity index (χ0v) is 15.8. The summed E-state index contributed by atoms with van der Waals surface area (Å²) in [5, 5.41) is 2.34. The Morgan fingerprint density at radius 2 is 1.85 bits per heavy atom. The van der Waals surface area contributed by atoms with Gasteiger partial charge in [0.15, 0.2) is 0 Å². The van der Waals surface area contributed by atoms with Gasteiger partial charge < -0.3 is 15.8 Å². The number of amides is 1. The Hall–Kier alpha value is -1.87. The van der Waals surface area contributed by atoms with Crippen LogP contribution in [0.3, 0.4) is 0 Å². The highest BCUT2D eigenvalue weighted by atomic mass is 79.9. The maximum absolute atomic E-state index is 14.0. The van der Waals surface area contributed by atoms with Gasteiger partial charge in [0.05, 0.1) is 28.4 Å². The smallest absolute Gasteiger partial charge is 0.243 e.